The van der Waals surface area contributed by atoms with Gasteiger partial charge in [-0.15, -0.1) is 0 Å². The molecule has 0 aliphatic carbocycles. The van der Waals surface area contributed by atoms with Crippen LogP contribution >= 0.6 is 15.9 Å². The highest BCUT2D eigenvalue weighted by molar-refractivity contribution is 9.10. The van der Waals surface area contributed by atoms with Gasteiger partial charge in [-0.3, -0.25) is 9.59 Å². The lowest BCUT2D eigenvalue weighted by atomic mass is 10.2. The van der Waals surface area contributed by atoms with Crippen molar-refractivity contribution in [1.82, 2.24) is 10.3 Å². The fraction of sp³-hybridized carbons (Fsp3) is 0.364. The quantitative estimate of drug-likeness (QED) is 0.869. The van der Waals surface area contributed by atoms with E-state index in [0.717, 1.165) is 0 Å². The number of hydrogen-bond acceptors (Lipinski definition) is 3. The fourth-order valence-corrected chi connectivity index (χ4v) is 1.69. The third-order valence-electron chi connectivity index (χ3n) is 2.14. The number of nitrogens with zero attached hydrogens (tertiary/aromatic N) is 1. The average molecular weight is 301 g/mol. The van der Waals surface area contributed by atoms with Crippen LogP contribution in [-0.4, -0.2) is 28.0 Å². The molecule has 92 valence electrons. The van der Waals surface area contributed by atoms with Crippen LogP contribution in [0.2, 0.25) is 0 Å². The van der Waals surface area contributed by atoms with Crippen molar-refractivity contribution in [2.75, 3.05) is 0 Å². The summed E-state index contributed by atoms with van der Waals surface area (Å²) in [6.45, 7) is 1.76. The number of rotatable bonds is 5. The van der Waals surface area contributed by atoms with E-state index in [-0.39, 0.29) is 18.4 Å². The minimum atomic E-state index is -0.870. The number of pyridine rings is 1. The van der Waals surface area contributed by atoms with E-state index in [9.17, 15) is 9.59 Å². The number of nitrogens with one attached hydrogen (secondary N) is 1. The van der Waals surface area contributed by atoms with Crippen LogP contribution in [0.1, 0.15) is 30.3 Å². The lowest BCUT2D eigenvalue weighted by molar-refractivity contribution is -0.137. The van der Waals surface area contributed by atoms with Crippen molar-refractivity contribution >= 4 is 27.8 Å². The highest BCUT2D eigenvalue weighted by Crippen LogP contribution is 2.13. The SMILES string of the molecule is CC(CCC(=O)O)NC(=O)c1ncccc1Br. The molecule has 0 radical (unpaired) electrons. The van der Waals surface area contributed by atoms with E-state index in [0.29, 0.717) is 16.6 Å². The van der Waals surface area contributed by atoms with Gasteiger partial charge in [0, 0.05) is 23.1 Å². The maximum atomic E-state index is 11.8. The summed E-state index contributed by atoms with van der Waals surface area (Å²) < 4.78 is 0.614. The topological polar surface area (TPSA) is 79.3 Å². The van der Waals surface area contributed by atoms with E-state index in [2.05, 4.69) is 26.2 Å². The van der Waals surface area contributed by atoms with Gasteiger partial charge in [0.05, 0.1) is 0 Å². The molecule has 0 saturated heterocycles. The second-order valence-corrected chi connectivity index (χ2v) is 4.50. The summed E-state index contributed by atoms with van der Waals surface area (Å²) >= 11 is 3.23. The minimum absolute atomic E-state index is 0.0326. The number of aromatic nitrogens is 1. The highest BCUT2D eigenvalue weighted by atomic mass is 79.9. The first kappa shape index (κ1) is 13.6. The van der Waals surface area contributed by atoms with Crippen molar-refractivity contribution in [3.05, 3.63) is 28.5 Å². The molecular weight excluding hydrogens is 288 g/mol. The van der Waals surface area contributed by atoms with E-state index in [1.807, 2.05) is 0 Å². The summed E-state index contributed by atoms with van der Waals surface area (Å²) in [5, 5.41) is 11.2. The van der Waals surface area contributed by atoms with Gasteiger partial charge in [-0.1, -0.05) is 0 Å². The lowest BCUT2D eigenvalue weighted by Gasteiger charge is -2.12. The summed E-state index contributed by atoms with van der Waals surface area (Å²) in [6, 6.07) is 3.24. The zero-order valence-corrected chi connectivity index (χ0v) is 10.9. The Morgan fingerprint density at radius 2 is 2.29 bits per heavy atom. The van der Waals surface area contributed by atoms with Crippen LogP contribution in [0, 0.1) is 0 Å². The van der Waals surface area contributed by atoms with Crippen molar-refractivity contribution in [2.24, 2.45) is 0 Å². The monoisotopic (exact) mass is 300 g/mol. The standard InChI is InChI=1S/C11H13BrN2O3/c1-7(4-5-9(15)16)14-11(17)10-8(12)3-2-6-13-10/h2-3,6-7H,4-5H2,1H3,(H,14,17)(H,15,16). The molecule has 2 N–H and O–H groups in total. The van der Waals surface area contributed by atoms with Crippen molar-refractivity contribution in [2.45, 2.75) is 25.8 Å². The van der Waals surface area contributed by atoms with Gasteiger partial charge in [0.1, 0.15) is 5.69 Å². The molecule has 0 bridgehead atoms. The maximum Gasteiger partial charge on any atom is 0.303 e. The Balaban J connectivity index is 2.55. The molecule has 1 aromatic rings. The van der Waals surface area contributed by atoms with Gasteiger partial charge in [0.25, 0.3) is 5.91 Å². The number of carboxylic acids is 1. The van der Waals surface area contributed by atoms with E-state index >= 15 is 0 Å². The number of carbonyl (C=O) groups is 2. The van der Waals surface area contributed by atoms with Crippen LogP contribution in [0.4, 0.5) is 0 Å². The molecule has 0 aliphatic rings. The number of carboxylic acid groups (broad SMARTS) is 1. The fourth-order valence-electron chi connectivity index (χ4n) is 1.26. The van der Waals surface area contributed by atoms with Gasteiger partial charge < -0.3 is 10.4 Å². The summed E-state index contributed by atoms with van der Waals surface area (Å²) in [5.41, 5.74) is 0.301. The Morgan fingerprint density at radius 3 is 2.88 bits per heavy atom. The molecule has 1 atom stereocenters. The van der Waals surface area contributed by atoms with Gasteiger partial charge in [-0.2, -0.15) is 0 Å². The molecular formula is C11H13BrN2O3. The van der Waals surface area contributed by atoms with Crippen LogP contribution in [0.25, 0.3) is 0 Å². The molecule has 0 saturated carbocycles. The summed E-state index contributed by atoms with van der Waals surface area (Å²) in [6.07, 6.45) is 1.96. The third-order valence-corrected chi connectivity index (χ3v) is 2.78. The summed E-state index contributed by atoms with van der Waals surface area (Å²) in [5.74, 6) is -1.18. The van der Waals surface area contributed by atoms with Gasteiger partial charge in [0.15, 0.2) is 0 Å². The normalized spacial score (nSPS) is 11.9. The molecule has 1 rings (SSSR count). The van der Waals surface area contributed by atoms with Crippen LogP contribution in [0.15, 0.2) is 22.8 Å². The molecule has 1 aromatic heterocycles. The lowest BCUT2D eigenvalue weighted by Crippen LogP contribution is -2.33. The Labute approximate surface area is 107 Å². The van der Waals surface area contributed by atoms with Crippen LogP contribution in [-0.2, 0) is 4.79 Å². The number of carbonyl (C=O) groups excluding carboxylic acids is 1. The zero-order chi connectivity index (χ0) is 12.8. The Hall–Kier alpha value is -1.43. The van der Waals surface area contributed by atoms with Crippen LogP contribution < -0.4 is 5.32 Å². The van der Waals surface area contributed by atoms with E-state index in [1.54, 1.807) is 19.1 Å². The molecule has 0 aliphatic heterocycles. The van der Waals surface area contributed by atoms with Crippen LogP contribution in [0.3, 0.4) is 0 Å². The zero-order valence-electron chi connectivity index (χ0n) is 9.31. The largest absolute Gasteiger partial charge is 0.481 e. The van der Waals surface area contributed by atoms with Crippen molar-refractivity contribution in [3.63, 3.8) is 0 Å². The first-order valence-electron chi connectivity index (χ1n) is 5.14. The first-order chi connectivity index (χ1) is 8.00. The number of halogens is 1. The van der Waals surface area contributed by atoms with Crippen molar-refractivity contribution in [1.29, 1.82) is 0 Å². The first-order valence-corrected chi connectivity index (χ1v) is 5.93. The second kappa shape index (κ2) is 6.34. The van der Waals surface area contributed by atoms with E-state index in [1.165, 1.54) is 6.20 Å². The average Bonchev–Trinajstić information content (AvgIpc) is 2.26. The van der Waals surface area contributed by atoms with Gasteiger partial charge in [-0.25, -0.2) is 4.98 Å². The van der Waals surface area contributed by atoms with Gasteiger partial charge in [0.2, 0.25) is 0 Å². The Kier molecular flexibility index (Phi) is 5.09. The predicted molar refractivity (Wildman–Crippen MR) is 65.7 cm³/mol. The number of amides is 1. The molecule has 0 fully saturated rings. The minimum Gasteiger partial charge on any atom is -0.481 e. The predicted octanol–water partition coefficient (Wildman–Crippen LogP) is 1.83. The van der Waals surface area contributed by atoms with Crippen molar-refractivity contribution < 1.29 is 14.7 Å². The summed E-state index contributed by atoms with van der Waals surface area (Å²) in [4.78, 5) is 26.1. The molecule has 0 spiro atoms. The van der Waals surface area contributed by atoms with Gasteiger partial charge >= 0.3 is 5.97 Å². The summed E-state index contributed by atoms with van der Waals surface area (Å²) in [7, 11) is 0. The molecule has 17 heavy (non-hydrogen) atoms. The Morgan fingerprint density at radius 1 is 1.59 bits per heavy atom. The maximum absolute atomic E-state index is 11.8. The second-order valence-electron chi connectivity index (χ2n) is 3.64. The molecule has 1 amide bonds. The number of aliphatic carboxylic acids is 1. The third kappa shape index (κ3) is 4.52. The molecule has 5 nitrogen and oxygen atoms in total. The number of hydrogen-bond donors (Lipinski definition) is 2. The molecule has 0 aromatic carbocycles. The molecule has 1 unspecified atom stereocenters. The molecule has 1 heterocycles. The van der Waals surface area contributed by atoms with E-state index in [4.69, 9.17) is 5.11 Å². The smallest absolute Gasteiger partial charge is 0.303 e. The van der Waals surface area contributed by atoms with Crippen LogP contribution in [0.5, 0.6) is 0 Å². The Bertz CT molecular complexity index is 423. The molecule has 6 heteroatoms. The van der Waals surface area contributed by atoms with E-state index < -0.39 is 5.97 Å². The highest BCUT2D eigenvalue weighted by Gasteiger charge is 2.14. The van der Waals surface area contributed by atoms with Crippen molar-refractivity contribution in [3.8, 4) is 0 Å². The van der Waals surface area contributed by atoms with Gasteiger partial charge in [-0.05, 0) is 41.4 Å².